The standard InChI is InChI=1S/C17H17N3/c1-2-19-14-10-15(12-18-11-14)20-17-9-5-7-13-6-3-4-8-16(13)17/h3-12,19-20H,2H2,1H3. The van der Waals surface area contributed by atoms with Crippen molar-refractivity contribution < 1.29 is 0 Å². The second kappa shape index (κ2) is 5.61. The van der Waals surface area contributed by atoms with Crippen molar-refractivity contribution in [2.24, 2.45) is 0 Å². The molecule has 0 saturated carbocycles. The molecular weight excluding hydrogens is 246 g/mol. The number of pyridine rings is 1. The zero-order chi connectivity index (χ0) is 13.8. The van der Waals surface area contributed by atoms with Crippen molar-refractivity contribution in [2.75, 3.05) is 17.2 Å². The molecule has 2 N–H and O–H groups in total. The van der Waals surface area contributed by atoms with Gasteiger partial charge in [-0.15, -0.1) is 0 Å². The van der Waals surface area contributed by atoms with Crippen molar-refractivity contribution in [1.29, 1.82) is 0 Å². The fraction of sp³-hybridized carbons (Fsp3) is 0.118. The first kappa shape index (κ1) is 12.5. The zero-order valence-electron chi connectivity index (χ0n) is 11.4. The normalized spacial score (nSPS) is 10.4. The van der Waals surface area contributed by atoms with Gasteiger partial charge >= 0.3 is 0 Å². The van der Waals surface area contributed by atoms with Crippen LogP contribution in [0.5, 0.6) is 0 Å². The highest BCUT2D eigenvalue weighted by molar-refractivity contribution is 5.95. The molecule has 3 heteroatoms. The van der Waals surface area contributed by atoms with Crippen molar-refractivity contribution in [3.05, 3.63) is 60.9 Å². The minimum absolute atomic E-state index is 0.888. The Morgan fingerprint density at radius 2 is 1.75 bits per heavy atom. The largest absolute Gasteiger partial charge is 0.384 e. The van der Waals surface area contributed by atoms with E-state index < -0.39 is 0 Å². The molecule has 0 atom stereocenters. The van der Waals surface area contributed by atoms with Crippen molar-refractivity contribution in [1.82, 2.24) is 4.98 Å². The molecule has 0 radical (unpaired) electrons. The summed E-state index contributed by atoms with van der Waals surface area (Å²) in [5.74, 6) is 0. The van der Waals surface area contributed by atoms with Crippen LogP contribution < -0.4 is 10.6 Å². The number of hydrogen-bond acceptors (Lipinski definition) is 3. The van der Waals surface area contributed by atoms with Crippen LogP contribution in [-0.2, 0) is 0 Å². The van der Waals surface area contributed by atoms with Gasteiger partial charge in [-0.2, -0.15) is 0 Å². The highest BCUT2D eigenvalue weighted by Crippen LogP contribution is 2.26. The predicted octanol–water partition coefficient (Wildman–Crippen LogP) is 4.41. The lowest BCUT2D eigenvalue weighted by molar-refractivity contribution is 1.19. The first-order valence-corrected chi connectivity index (χ1v) is 6.80. The summed E-state index contributed by atoms with van der Waals surface area (Å²) < 4.78 is 0. The van der Waals surface area contributed by atoms with Gasteiger partial charge in [0.1, 0.15) is 0 Å². The van der Waals surface area contributed by atoms with Crippen molar-refractivity contribution in [3.8, 4) is 0 Å². The third kappa shape index (κ3) is 2.57. The van der Waals surface area contributed by atoms with Crippen molar-refractivity contribution in [2.45, 2.75) is 6.92 Å². The third-order valence-corrected chi connectivity index (χ3v) is 3.19. The SMILES string of the molecule is CCNc1cncc(Nc2cccc3ccccc23)c1. The van der Waals surface area contributed by atoms with Gasteiger partial charge in [0.15, 0.2) is 0 Å². The topological polar surface area (TPSA) is 37.0 Å². The Kier molecular flexibility index (Phi) is 3.50. The fourth-order valence-electron chi connectivity index (χ4n) is 2.30. The van der Waals surface area contributed by atoms with Crippen LogP contribution in [0.4, 0.5) is 17.1 Å². The van der Waals surface area contributed by atoms with E-state index in [4.69, 9.17) is 0 Å². The molecule has 3 nitrogen and oxygen atoms in total. The van der Waals surface area contributed by atoms with E-state index in [9.17, 15) is 0 Å². The van der Waals surface area contributed by atoms with Gasteiger partial charge < -0.3 is 10.6 Å². The van der Waals surface area contributed by atoms with E-state index >= 15 is 0 Å². The lowest BCUT2D eigenvalue weighted by Gasteiger charge is -2.11. The van der Waals surface area contributed by atoms with Crippen LogP contribution in [-0.4, -0.2) is 11.5 Å². The van der Waals surface area contributed by atoms with Crippen LogP contribution >= 0.6 is 0 Å². The van der Waals surface area contributed by atoms with Crippen molar-refractivity contribution in [3.63, 3.8) is 0 Å². The second-order valence-corrected chi connectivity index (χ2v) is 4.64. The molecule has 0 amide bonds. The van der Waals surface area contributed by atoms with Crippen LogP contribution in [0.15, 0.2) is 60.9 Å². The summed E-state index contributed by atoms with van der Waals surface area (Å²) in [5, 5.41) is 9.15. The maximum absolute atomic E-state index is 4.25. The zero-order valence-corrected chi connectivity index (χ0v) is 11.4. The molecule has 0 unspecified atom stereocenters. The van der Waals surface area contributed by atoms with Gasteiger partial charge in [0.25, 0.3) is 0 Å². The van der Waals surface area contributed by atoms with Gasteiger partial charge in [-0.25, -0.2) is 0 Å². The summed E-state index contributed by atoms with van der Waals surface area (Å²) in [6.07, 6.45) is 3.67. The summed E-state index contributed by atoms with van der Waals surface area (Å²) in [7, 11) is 0. The van der Waals surface area contributed by atoms with Crippen LogP contribution in [0.25, 0.3) is 10.8 Å². The molecule has 3 rings (SSSR count). The third-order valence-electron chi connectivity index (χ3n) is 3.19. The van der Waals surface area contributed by atoms with Crippen LogP contribution in [0, 0.1) is 0 Å². The van der Waals surface area contributed by atoms with E-state index in [2.05, 4.69) is 71.1 Å². The Labute approximate surface area is 118 Å². The van der Waals surface area contributed by atoms with Gasteiger partial charge in [-0.3, -0.25) is 4.98 Å². The molecule has 3 aromatic rings. The summed E-state index contributed by atoms with van der Waals surface area (Å²) in [6.45, 7) is 2.96. The molecular formula is C17H17N3. The van der Waals surface area contributed by atoms with E-state index in [1.807, 2.05) is 12.4 Å². The second-order valence-electron chi connectivity index (χ2n) is 4.64. The molecule has 0 saturated heterocycles. The average molecular weight is 263 g/mol. The summed E-state index contributed by atoms with van der Waals surface area (Å²) in [6, 6.07) is 16.7. The first-order chi connectivity index (χ1) is 9.86. The Morgan fingerprint density at radius 3 is 2.65 bits per heavy atom. The molecule has 0 fully saturated rings. The Hall–Kier alpha value is -2.55. The molecule has 0 aliphatic carbocycles. The van der Waals surface area contributed by atoms with Gasteiger partial charge in [0.05, 0.1) is 23.8 Å². The Balaban J connectivity index is 1.95. The molecule has 20 heavy (non-hydrogen) atoms. The van der Waals surface area contributed by atoms with Crippen molar-refractivity contribution >= 4 is 27.8 Å². The number of anilines is 3. The average Bonchev–Trinajstić information content (AvgIpc) is 2.48. The number of aromatic nitrogens is 1. The monoisotopic (exact) mass is 263 g/mol. The molecule has 100 valence electrons. The first-order valence-electron chi connectivity index (χ1n) is 6.80. The van der Waals surface area contributed by atoms with Gasteiger partial charge in [0.2, 0.25) is 0 Å². The minimum atomic E-state index is 0.888. The summed E-state index contributed by atoms with van der Waals surface area (Å²) >= 11 is 0. The number of nitrogens with one attached hydrogen (secondary N) is 2. The highest BCUT2D eigenvalue weighted by atomic mass is 14.9. The summed E-state index contributed by atoms with van der Waals surface area (Å²) in [5.41, 5.74) is 3.11. The quantitative estimate of drug-likeness (QED) is 0.732. The lowest BCUT2D eigenvalue weighted by atomic mass is 10.1. The number of rotatable bonds is 4. The number of hydrogen-bond donors (Lipinski definition) is 2. The Morgan fingerprint density at radius 1 is 0.950 bits per heavy atom. The lowest BCUT2D eigenvalue weighted by Crippen LogP contribution is -1.98. The van der Waals surface area contributed by atoms with Crippen LogP contribution in [0.3, 0.4) is 0 Å². The molecule has 0 aliphatic heterocycles. The number of nitrogens with zero attached hydrogens (tertiary/aromatic N) is 1. The van der Waals surface area contributed by atoms with Crippen LogP contribution in [0.2, 0.25) is 0 Å². The summed E-state index contributed by atoms with van der Waals surface area (Å²) in [4.78, 5) is 4.25. The highest BCUT2D eigenvalue weighted by Gasteiger charge is 2.01. The molecule has 0 bridgehead atoms. The minimum Gasteiger partial charge on any atom is -0.384 e. The van der Waals surface area contributed by atoms with Crippen LogP contribution in [0.1, 0.15) is 6.92 Å². The van der Waals surface area contributed by atoms with E-state index in [-0.39, 0.29) is 0 Å². The maximum Gasteiger partial charge on any atom is 0.0591 e. The molecule has 0 aliphatic rings. The van der Waals surface area contributed by atoms with E-state index in [1.54, 1.807) is 0 Å². The maximum atomic E-state index is 4.25. The van der Waals surface area contributed by atoms with Gasteiger partial charge in [-0.1, -0.05) is 36.4 Å². The van der Waals surface area contributed by atoms with Gasteiger partial charge in [-0.05, 0) is 24.4 Å². The smallest absolute Gasteiger partial charge is 0.0591 e. The molecule has 2 aromatic carbocycles. The fourth-order valence-corrected chi connectivity index (χ4v) is 2.30. The van der Waals surface area contributed by atoms with E-state index in [1.165, 1.54) is 10.8 Å². The number of benzene rings is 2. The van der Waals surface area contributed by atoms with Gasteiger partial charge in [0, 0.05) is 17.6 Å². The number of fused-ring (bicyclic) bond motifs is 1. The molecule has 0 spiro atoms. The Bertz CT molecular complexity index is 717. The van der Waals surface area contributed by atoms with E-state index in [0.717, 1.165) is 23.6 Å². The van der Waals surface area contributed by atoms with E-state index in [0.29, 0.717) is 0 Å². The predicted molar refractivity (Wildman–Crippen MR) is 85.6 cm³/mol. The molecule has 1 heterocycles. The molecule has 1 aromatic heterocycles.